The molecule has 2 aromatic rings. The molecule has 1 amide bonds. The fourth-order valence-corrected chi connectivity index (χ4v) is 6.12. The number of hydrogen-bond acceptors (Lipinski definition) is 7. The molecule has 182 valence electrons. The van der Waals surface area contributed by atoms with E-state index in [1.54, 1.807) is 18.5 Å². The SMILES string of the molecule is COC/C(=C\C(=C/CF)c1c(C)nc2sc(C(O)(C(C)C)C3CC3)nn12)SCC(C)C(N)=O. The van der Waals surface area contributed by atoms with Gasteiger partial charge in [-0.25, -0.2) is 13.9 Å². The number of nitrogens with zero attached hydrogens (tertiary/aromatic N) is 3. The van der Waals surface area contributed by atoms with Gasteiger partial charge in [0, 0.05) is 29.3 Å². The van der Waals surface area contributed by atoms with Gasteiger partial charge >= 0.3 is 0 Å². The van der Waals surface area contributed by atoms with Crippen LogP contribution in [-0.2, 0) is 15.1 Å². The molecule has 0 aromatic carbocycles. The third-order valence-corrected chi connectivity index (χ3v) is 8.30. The van der Waals surface area contributed by atoms with Gasteiger partial charge in [-0.05, 0) is 43.8 Å². The monoisotopic (exact) mass is 496 g/mol. The predicted molar refractivity (Wildman–Crippen MR) is 132 cm³/mol. The topological polar surface area (TPSA) is 103 Å². The lowest BCUT2D eigenvalue weighted by molar-refractivity contribution is -0.120. The van der Waals surface area contributed by atoms with Crippen LogP contribution in [0.25, 0.3) is 10.5 Å². The average Bonchev–Trinajstić information content (AvgIpc) is 3.46. The zero-order valence-electron chi connectivity index (χ0n) is 19.8. The molecule has 3 N–H and O–H groups in total. The lowest BCUT2D eigenvalue weighted by Gasteiger charge is -2.29. The van der Waals surface area contributed by atoms with Gasteiger partial charge in [0.2, 0.25) is 10.9 Å². The number of imidazole rings is 1. The number of halogens is 1. The van der Waals surface area contributed by atoms with Gasteiger partial charge in [0.15, 0.2) is 0 Å². The van der Waals surface area contributed by atoms with E-state index < -0.39 is 12.3 Å². The molecule has 3 rings (SSSR count). The summed E-state index contributed by atoms with van der Waals surface area (Å²) < 4.78 is 20.6. The summed E-state index contributed by atoms with van der Waals surface area (Å²) in [6, 6.07) is 0. The molecule has 0 bridgehead atoms. The number of aryl methyl sites for hydroxylation is 1. The Kier molecular flexibility index (Phi) is 8.36. The fraction of sp³-hybridized carbons (Fsp3) is 0.609. The largest absolute Gasteiger partial charge is 0.382 e. The smallest absolute Gasteiger partial charge is 0.221 e. The van der Waals surface area contributed by atoms with Crippen LogP contribution in [0.2, 0.25) is 0 Å². The summed E-state index contributed by atoms with van der Waals surface area (Å²) in [5.41, 5.74) is 6.44. The number of primary amides is 1. The number of thioether (sulfide) groups is 1. The first-order valence-corrected chi connectivity index (χ1v) is 12.9. The molecule has 2 aromatic heterocycles. The number of carbonyl (C=O) groups is 1. The van der Waals surface area contributed by atoms with Crippen molar-refractivity contribution in [1.29, 1.82) is 0 Å². The second-order valence-electron chi connectivity index (χ2n) is 8.87. The highest BCUT2D eigenvalue weighted by atomic mass is 32.2. The Hall–Kier alpha value is -1.75. The maximum absolute atomic E-state index is 13.5. The highest BCUT2D eigenvalue weighted by Crippen LogP contribution is 2.50. The quantitative estimate of drug-likeness (QED) is 0.429. The van der Waals surface area contributed by atoms with Crippen molar-refractivity contribution >= 4 is 39.5 Å². The van der Waals surface area contributed by atoms with E-state index in [0.717, 1.165) is 23.4 Å². The van der Waals surface area contributed by atoms with Gasteiger partial charge in [0.1, 0.15) is 17.3 Å². The van der Waals surface area contributed by atoms with E-state index >= 15 is 0 Å². The average molecular weight is 497 g/mol. The van der Waals surface area contributed by atoms with Crippen LogP contribution >= 0.6 is 23.1 Å². The lowest BCUT2D eigenvalue weighted by atomic mass is 9.86. The van der Waals surface area contributed by atoms with E-state index in [2.05, 4.69) is 4.98 Å². The maximum Gasteiger partial charge on any atom is 0.221 e. The molecular weight excluding hydrogens is 463 g/mol. The Bertz CT molecular complexity index is 1050. The molecule has 1 saturated carbocycles. The second kappa shape index (κ2) is 10.7. The third-order valence-electron chi connectivity index (χ3n) is 5.98. The van der Waals surface area contributed by atoms with Crippen molar-refractivity contribution in [3.05, 3.63) is 33.5 Å². The van der Waals surface area contributed by atoms with Gasteiger partial charge in [-0.2, -0.15) is 5.10 Å². The van der Waals surface area contributed by atoms with Crippen molar-refractivity contribution in [2.24, 2.45) is 23.5 Å². The minimum absolute atomic E-state index is 0.0168. The standard InChI is InChI=1S/C23H33FN4O3S2/c1-13(2)23(30,17-6-7-17)21-27-28-19(15(4)26-22(28)33-21)16(8-9-24)10-18(11-31-5)32-12-14(3)20(25)29/h8,10,13-14,17,30H,6-7,9,11-12H2,1-5H3,(H2,25,29)/b16-8+,18-10+. The van der Waals surface area contributed by atoms with Crippen molar-refractivity contribution < 1.29 is 19.0 Å². The molecule has 1 fully saturated rings. The minimum atomic E-state index is -0.988. The van der Waals surface area contributed by atoms with E-state index in [-0.39, 0.29) is 23.7 Å². The molecule has 0 spiro atoms. The summed E-state index contributed by atoms with van der Waals surface area (Å²) in [4.78, 5) is 17.6. The number of aromatic nitrogens is 3. The predicted octanol–water partition coefficient (Wildman–Crippen LogP) is 4.09. The Morgan fingerprint density at radius 2 is 2.15 bits per heavy atom. The van der Waals surface area contributed by atoms with E-state index in [0.29, 0.717) is 33.6 Å². The number of carbonyl (C=O) groups excluding carboxylic acids is 1. The van der Waals surface area contributed by atoms with Crippen LogP contribution in [0.15, 0.2) is 17.1 Å². The summed E-state index contributed by atoms with van der Waals surface area (Å²) in [6.45, 7) is 7.31. The molecule has 1 aliphatic carbocycles. The first-order chi connectivity index (χ1) is 15.6. The number of rotatable bonds is 12. The van der Waals surface area contributed by atoms with Gasteiger partial charge in [-0.15, -0.1) is 11.8 Å². The summed E-state index contributed by atoms with van der Waals surface area (Å²) in [5, 5.41) is 16.9. The molecular formula is C23H33FN4O3S2. The van der Waals surface area contributed by atoms with E-state index in [4.69, 9.17) is 15.6 Å². The van der Waals surface area contributed by atoms with Crippen LogP contribution in [-0.4, -0.2) is 51.8 Å². The lowest BCUT2D eigenvalue weighted by Crippen LogP contribution is -2.34. The van der Waals surface area contributed by atoms with Gasteiger partial charge < -0.3 is 15.6 Å². The first-order valence-electron chi connectivity index (χ1n) is 11.1. The Morgan fingerprint density at radius 3 is 2.70 bits per heavy atom. The molecule has 1 aliphatic rings. The molecule has 0 saturated heterocycles. The van der Waals surface area contributed by atoms with Crippen LogP contribution in [0, 0.1) is 24.7 Å². The molecule has 33 heavy (non-hydrogen) atoms. The van der Waals surface area contributed by atoms with Crippen LogP contribution in [0.3, 0.4) is 0 Å². The maximum atomic E-state index is 13.5. The second-order valence-corrected chi connectivity index (χ2v) is 11.0. The highest BCUT2D eigenvalue weighted by molar-refractivity contribution is 8.03. The molecule has 2 atom stereocenters. The first kappa shape index (κ1) is 25.9. The minimum Gasteiger partial charge on any atom is -0.382 e. The number of fused-ring (bicyclic) bond motifs is 1. The van der Waals surface area contributed by atoms with Gasteiger partial charge in [0.05, 0.1) is 18.0 Å². The third kappa shape index (κ3) is 5.50. The Morgan fingerprint density at radius 1 is 1.45 bits per heavy atom. The number of hydrogen-bond donors (Lipinski definition) is 2. The molecule has 0 radical (unpaired) electrons. The van der Waals surface area contributed by atoms with Crippen molar-refractivity contribution in [3.8, 4) is 0 Å². The van der Waals surface area contributed by atoms with Crippen molar-refractivity contribution in [2.75, 3.05) is 26.1 Å². The highest BCUT2D eigenvalue weighted by Gasteiger charge is 2.50. The molecule has 2 unspecified atom stereocenters. The van der Waals surface area contributed by atoms with Crippen LogP contribution in [0.1, 0.15) is 50.0 Å². The summed E-state index contributed by atoms with van der Waals surface area (Å²) in [6.07, 6.45) is 5.31. The van der Waals surface area contributed by atoms with Gasteiger partial charge in [0.25, 0.3) is 0 Å². The number of amides is 1. The molecule has 10 heteroatoms. The summed E-state index contributed by atoms with van der Waals surface area (Å²) >= 11 is 2.84. The Balaban J connectivity index is 2.02. The van der Waals surface area contributed by atoms with Crippen molar-refractivity contribution in [3.63, 3.8) is 0 Å². The van der Waals surface area contributed by atoms with Gasteiger partial charge in [-0.1, -0.05) is 32.1 Å². The summed E-state index contributed by atoms with van der Waals surface area (Å²) in [7, 11) is 1.59. The number of methoxy groups -OCH3 is 1. The van der Waals surface area contributed by atoms with Crippen molar-refractivity contribution in [1.82, 2.24) is 14.6 Å². The van der Waals surface area contributed by atoms with Crippen LogP contribution in [0.5, 0.6) is 0 Å². The molecule has 7 nitrogen and oxygen atoms in total. The normalized spacial score (nSPS) is 18.2. The molecule has 2 heterocycles. The summed E-state index contributed by atoms with van der Waals surface area (Å²) in [5.74, 6) is 0.0522. The number of allylic oxidation sites excluding steroid dienone is 3. The van der Waals surface area contributed by atoms with Crippen LogP contribution in [0.4, 0.5) is 4.39 Å². The van der Waals surface area contributed by atoms with E-state index in [1.807, 2.05) is 26.8 Å². The number of nitrogens with two attached hydrogens (primary N) is 1. The number of ether oxygens (including phenoxy) is 1. The Labute approximate surface area is 202 Å². The molecule has 0 aliphatic heterocycles. The zero-order valence-corrected chi connectivity index (χ0v) is 21.4. The number of aliphatic hydroxyl groups is 1. The van der Waals surface area contributed by atoms with E-state index in [9.17, 15) is 14.3 Å². The van der Waals surface area contributed by atoms with Gasteiger partial charge in [-0.3, -0.25) is 4.79 Å². The zero-order chi connectivity index (χ0) is 24.3. The number of alkyl halides is 1. The van der Waals surface area contributed by atoms with Crippen molar-refractivity contribution in [2.45, 2.75) is 46.1 Å². The fourth-order valence-electron chi connectivity index (χ4n) is 3.82. The van der Waals surface area contributed by atoms with E-state index in [1.165, 1.54) is 29.2 Å². The van der Waals surface area contributed by atoms with Crippen LogP contribution < -0.4 is 5.73 Å².